The molecule has 0 heterocycles. The SMILES string of the molecule is CCc1ccc(S(=O)(=O)N[C@H](CC)CO)cc1C(=O)O. The Morgan fingerprint density at radius 2 is 2.00 bits per heavy atom. The highest BCUT2D eigenvalue weighted by atomic mass is 32.2. The van der Waals surface area contributed by atoms with E-state index in [1.807, 2.05) is 0 Å². The molecule has 1 aromatic rings. The fourth-order valence-electron chi connectivity index (χ4n) is 1.77. The quantitative estimate of drug-likeness (QED) is 0.697. The summed E-state index contributed by atoms with van der Waals surface area (Å²) >= 11 is 0. The zero-order chi connectivity index (χ0) is 15.3. The zero-order valence-corrected chi connectivity index (χ0v) is 12.3. The van der Waals surface area contributed by atoms with Gasteiger partial charge in [0.2, 0.25) is 10.0 Å². The number of carboxylic acids is 1. The second kappa shape index (κ2) is 6.83. The first-order chi connectivity index (χ1) is 9.35. The van der Waals surface area contributed by atoms with Gasteiger partial charge in [-0.1, -0.05) is 19.9 Å². The first-order valence-electron chi connectivity index (χ1n) is 6.35. The third-order valence-electron chi connectivity index (χ3n) is 3.04. The molecule has 6 nitrogen and oxygen atoms in total. The van der Waals surface area contributed by atoms with Gasteiger partial charge in [-0.25, -0.2) is 17.9 Å². The number of nitrogens with one attached hydrogen (secondary N) is 1. The third kappa shape index (κ3) is 3.78. The minimum absolute atomic E-state index is 0.0209. The number of carboxylic acid groups (broad SMARTS) is 1. The Morgan fingerprint density at radius 3 is 2.45 bits per heavy atom. The van der Waals surface area contributed by atoms with E-state index >= 15 is 0 Å². The molecular formula is C13H19NO5S. The van der Waals surface area contributed by atoms with Crippen LogP contribution in [0.1, 0.15) is 36.2 Å². The number of aliphatic hydroxyl groups is 1. The van der Waals surface area contributed by atoms with Crippen LogP contribution in [0.15, 0.2) is 23.1 Å². The summed E-state index contributed by atoms with van der Waals surface area (Å²) in [5, 5.41) is 18.1. The first-order valence-corrected chi connectivity index (χ1v) is 7.83. The molecule has 0 saturated heterocycles. The standard InChI is InChI=1S/C13H19NO5S/c1-3-9-5-6-11(7-12(9)13(16)17)20(18,19)14-10(4-2)8-15/h5-7,10,14-15H,3-4,8H2,1-2H3,(H,16,17)/t10-/m1/s1. The lowest BCUT2D eigenvalue weighted by Crippen LogP contribution is -2.37. The Kier molecular flexibility index (Phi) is 5.67. The Bertz CT molecular complexity index is 578. The molecule has 3 N–H and O–H groups in total. The average molecular weight is 301 g/mol. The lowest BCUT2D eigenvalue weighted by Gasteiger charge is -2.15. The molecule has 1 aromatic carbocycles. The Hall–Kier alpha value is -1.44. The predicted molar refractivity (Wildman–Crippen MR) is 74.3 cm³/mol. The molecule has 0 fully saturated rings. The molecule has 0 unspecified atom stereocenters. The summed E-state index contributed by atoms with van der Waals surface area (Å²) in [5.74, 6) is -1.16. The highest BCUT2D eigenvalue weighted by molar-refractivity contribution is 7.89. The highest BCUT2D eigenvalue weighted by Crippen LogP contribution is 2.17. The van der Waals surface area contributed by atoms with E-state index < -0.39 is 22.0 Å². The monoisotopic (exact) mass is 301 g/mol. The maximum atomic E-state index is 12.1. The molecule has 0 spiro atoms. The van der Waals surface area contributed by atoms with E-state index in [2.05, 4.69) is 4.72 Å². The van der Waals surface area contributed by atoms with Crippen molar-refractivity contribution in [2.45, 2.75) is 37.6 Å². The Labute approximate surface area is 118 Å². The first kappa shape index (κ1) is 16.6. The fraction of sp³-hybridized carbons (Fsp3) is 0.462. The summed E-state index contributed by atoms with van der Waals surface area (Å²) in [5.41, 5.74) is 0.554. The summed E-state index contributed by atoms with van der Waals surface area (Å²) in [4.78, 5) is 11.0. The minimum atomic E-state index is -3.84. The molecule has 0 aliphatic heterocycles. The van der Waals surface area contributed by atoms with Crippen molar-refractivity contribution < 1.29 is 23.4 Å². The number of rotatable bonds is 7. The number of aliphatic hydroxyl groups excluding tert-OH is 1. The van der Waals surface area contributed by atoms with E-state index in [9.17, 15) is 13.2 Å². The summed E-state index contributed by atoms with van der Waals surface area (Å²) in [7, 11) is -3.84. The van der Waals surface area contributed by atoms with Gasteiger partial charge in [0.15, 0.2) is 0 Å². The van der Waals surface area contributed by atoms with Gasteiger partial charge in [0, 0.05) is 6.04 Å². The molecule has 0 aliphatic carbocycles. The number of aryl methyl sites for hydroxylation is 1. The normalized spacial score (nSPS) is 13.2. The van der Waals surface area contributed by atoms with Crippen molar-refractivity contribution in [1.82, 2.24) is 4.72 Å². The number of hydrogen-bond acceptors (Lipinski definition) is 4. The number of hydrogen-bond donors (Lipinski definition) is 3. The lowest BCUT2D eigenvalue weighted by atomic mass is 10.1. The van der Waals surface area contributed by atoms with Crippen LogP contribution in [0.25, 0.3) is 0 Å². The molecule has 0 saturated carbocycles. The average Bonchev–Trinajstić information content (AvgIpc) is 2.43. The molecule has 0 bridgehead atoms. The van der Waals surface area contributed by atoms with E-state index in [0.717, 1.165) is 6.07 Å². The number of aromatic carboxylic acids is 1. The van der Waals surface area contributed by atoms with Crippen molar-refractivity contribution >= 4 is 16.0 Å². The maximum Gasteiger partial charge on any atom is 0.336 e. The fourth-order valence-corrected chi connectivity index (χ4v) is 3.10. The van der Waals surface area contributed by atoms with Crippen LogP contribution in [0.2, 0.25) is 0 Å². The van der Waals surface area contributed by atoms with E-state index in [1.54, 1.807) is 13.8 Å². The van der Waals surface area contributed by atoms with Crippen LogP contribution in [-0.4, -0.2) is 37.2 Å². The summed E-state index contributed by atoms with van der Waals surface area (Å²) in [6.07, 6.45) is 0.943. The summed E-state index contributed by atoms with van der Waals surface area (Å²) in [6, 6.07) is 3.43. The van der Waals surface area contributed by atoms with E-state index in [1.165, 1.54) is 12.1 Å². The van der Waals surface area contributed by atoms with E-state index in [0.29, 0.717) is 18.4 Å². The van der Waals surface area contributed by atoms with Gasteiger partial charge >= 0.3 is 5.97 Å². The second-order valence-corrected chi connectivity index (χ2v) is 6.10. The van der Waals surface area contributed by atoms with Crippen molar-refractivity contribution in [1.29, 1.82) is 0 Å². The number of sulfonamides is 1. The molecular weight excluding hydrogens is 282 g/mol. The lowest BCUT2D eigenvalue weighted by molar-refractivity contribution is 0.0695. The largest absolute Gasteiger partial charge is 0.478 e. The molecule has 0 radical (unpaired) electrons. The van der Waals surface area contributed by atoms with Gasteiger partial charge in [-0.3, -0.25) is 0 Å². The van der Waals surface area contributed by atoms with Crippen LogP contribution in [0, 0.1) is 0 Å². The van der Waals surface area contributed by atoms with Crippen molar-refractivity contribution in [3.63, 3.8) is 0 Å². The van der Waals surface area contributed by atoms with Crippen LogP contribution < -0.4 is 4.72 Å². The second-order valence-electron chi connectivity index (χ2n) is 4.39. The molecule has 1 atom stereocenters. The zero-order valence-electron chi connectivity index (χ0n) is 11.5. The molecule has 0 aliphatic rings. The van der Waals surface area contributed by atoms with Crippen LogP contribution >= 0.6 is 0 Å². The smallest absolute Gasteiger partial charge is 0.336 e. The third-order valence-corrected chi connectivity index (χ3v) is 4.56. The van der Waals surface area contributed by atoms with Gasteiger partial charge in [-0.2, -0.15) is 0 Å². The van der Waals surface area contributed by atoms with Crippen molar-refractivity contribution in [3.05, 3.63) is 29.3 Å². The van der Waals surface area contributed by atoms with Gasteiger partial charge in [0.05, 0.1) is 17.1 Å². The topological polar surface area (TPSA) is 104 Å². The van der Waals surface area contributed by atoms with Gasteiger partial charge in [-0.15, -0.1) is 0 Å². The minimum Gasteiger partial charge on any atom is -0.478 e. The molecule has 0 amide bonds. The Morgan fingerprint density at radius 1 is 1.35 bits per heavy atom. The highest BCUT2D eigenvalue weighted by Gasteiger charge is 2.21. The van der Waals surface area contributed by atoms with Crippen LogP contribution in [-0.2, 0) is 16.4 Å². The van der Waals surface area contributed by atoms with Gasteiger partial charge in [0.25, 0.3) is 0 Å². The molecule has 1 rings (SSSR count). The van der Waals surface area contributed by atoms with Gasteiger partial charge < -0.3 is 10.2 Å². The number of benzene rings is 1. The van der Waals surface area contributed by atoms with Crippen LogP contribution in [0.3, 0.4) is 0 Å². The van der Waals surface area contributed by atoms with Crippen molar-refractivity contribution in [3.8, 4) is 0 Å². The van der Waals surface area contributed by atoms with Crippen molar-refractivity contribution in [2.75, 3.05) is 6.61 Å². The van der Waals surface area contributed by atoms with E-state index in [4.69, 9.17) is 10.2 Å². The van der Waals surface area contributed by atoms with Gasteiger partial charge in [-0.05, 0) is 30.5 Å². The summed E-state index contributed by atoms with van der Waals surface area (Å²) < 4.78 is 26.6. The molecule has 112 valence electrons. The number of carbonyl (C=O) groups is 1. The molecule has 7 heteroatoms. The summed E-state index contributed by atoms with van der Waals surface area (Å²) in [6.45, 7) is 3.23. The Balaban J connectivity index is 3.19. The van der Waals surface area contributed by atoms with E-state index in [-0.39, 0.29) is 17.1 Å². The molecule has 0 aromatic heterocycles. The van der Waals surface area contributed by atoms with Gasteiger partial charge in [0.1, 0.15) is 0 Å². The molecule has 20 heavy (non-hydrogen) atoms. The maximum absolute atomic E-state index is 12.1. The van der Waals surface area contributed by atoms with Crippen molar-refractivity contribution in [2.24, 2.45) is 0 Å². The van der Waals surface area contributed by atoms with Crippen LogP contribution in [0.4, 0.5) is 0 Å². The predicted octanol–water partition coefficient (Wildman–Crippen LogP) is 0.996. The van der Waals surface area contributed by atoms with Crippen LogP contribution in [0.5, 0.6) is 0 Å².